The molecule has 1 aliphatic rings. The minimum Gasteiger partial charge on any atom is -0.465 e. The van der Waals surface area contributed by atoms with Crippen LogP contribution in [0.25, 0.3) is 11.3 Å². The molecule has 1 aliphatic heterocycles. The lowest BCUT2D eigenvalue weighted by Crippen LogP contribution is -2.45. The van der Waals surface area contributed by atoms with Crippen molar-refractivity contribution in [3.63, 3.8) is 0 Å². The van der Waals surface area contributed by atoms with E-state index in [-0.39, 0.29) is 12.1 Å². The Morgan fingerprint density at radius 1 is 1.17 bits per heavy atom. The number of nitrogens with zero attached hydrogens (tertiary/aromatic N) is 4. The van der Waals surface area contributed by atoms with Gasteiger partial charge in [0.25, 0.3) is 0 Å². The number of esters is 1. The van der Waals surface area contributed by atoms with E-state index in [2.05, 4.69) is 45.9 Å². The Morgan fingerprint density at radius 2 is 1.92 bits per heavy atom. The normalized spacial score (nSPS) is 15.2. The molecule has 0 radical (unpaired) electrons. The van der Waals surface area contributed by atoms with Gasteiger partial charge in [-0.3, -0.25) is 0 Å². The minimum atomic E-state index is -0.592. The van der Waals surface area contributed by atoms with Crippen molar-refractivity contribution in [3.8, 4) is 11.3 Å². The van der Waals surface area contributed by atoms with E-state index >= 15 is 0 Å². The number of piperidine rings is 1. The number of hydrogen-bond acceptors (Lipinski definition) is 6. The van der Waals surface area contributed by atoms with E-state index in [0.29, 0.717) is 11.5 Å². The van der Waals surface area contributed by atoms with Crippen LogP contribution in [0, 0.1) is 5.82 Å². The van der Waals surface area contributed by atoms with Crippen LogP contribution in [-0.4, -0.2) is 63.3 Å². The summed E-state index contributed by atoms with van der Waals surface area (Å²) in [6.07, 6.45) is 5.47. The van der Waals surface area contributed by atoms with Gasteiger partial charge in [-0.05, 0) is 68.5 Å². The first-order valence-corrected chi connectivity index (χ1v) is 12.7. The molecule has 7 nitrogen and oxygen atoms in total. The molecule has 0 saturated carbocycles. The second-order valence-corrected chi connectivity index (χ2v) is 9.71. The van der Waals surface area contributed by atoms with Crippen LogP contribution < -0.4 is 0 Å². The predicted molar refractivity (Wildman–Crippen MR) is 136 cm³/mol. The van der Waals surface area contributed by atoms with Crippen molar-refractivity contribution in [2.24, 2.45) is 0 Å². The number of benzene rings is 2. The Hall–Kier alpha value is -3.10. The van der Waals surface area contributed by atoms with Crippen LogP contribution in [0.5, 0.6) is 0 Å². The molecule has 192 valence electrons. The van der Waals surface area contributed by atoms with E-state index in [9.17, 15) is 14.3 Å². The standard InChI is InChI=1S/C28H35FN4O3/c1-4-28(35,5-2)19-32-13-11-20(12-14-32)21-7-6-8-22(15-21)26-18-33(31-30-26)17-24-10-9-23(16-25(24)29)27(34)36-3/h6-10,15-16,18,20,35H,4-5,11-14,17,19H2,1-3H3. The third-order valence-electron chi connectivity index (χ3n) is 7.42. The molecular formula is C28H35FN4O3. The number of carbonyl (C=O) groups excluding carboxylic acids is 1. The van der Waals surface area contributed by atoms with Crippen LogP contribution in [0.2, 0.25) is 0 Å². The number of methoxy groups -OCH3 is 1. The minimum absolute atomic E-state index is 0.173. The topological polar surface area (TPSA) is 80.5 Å². The summed E-state index contributed by atoms with van der Waals surface area (Å²) in [4.78, 5) is 14.0. The number of β-amino-alcohol motifs (C(OH)–C–C–N with tert-alkyl or cyclic N) is 1. The van der Waals surface area contributed by atoms with Crippen LogP contribution in [0.15, 0.2) is 48.7 Å². The molecule has 2 heterocycles. The third kappa shape index (κ3) is 5.99. The van der Waals surface area contributed by atoms with Crippen molar-refractivity contribution in [1.82, 2.24) is 19.9 Å². The Balaban J connectivity index is 1.40. The van der Waals surface area contributed by atoms with Gasteiger partial charge in [0.1, 0.15) is 11.5 Å². The van der Waals surface area contributed by atoms with Crippen LogP contribution in [0.1, 0.15) is 66.9 Å². The Labute approximate surface area is 211 Å². The average molecular weight is 495 g/mol. The molecule has 0 atom stereocenters. The highest BCUT2D eigenvalue weighted by molar-refractivity contribution is 5.89. The number of ether oxygens (including phenoxy) is 1. The lowest BCUT2D eigenvalue weighted by molar-refractivity contribution is -0.00905. The molecule has 0 unspecified atom stereocenters. The summed E-state index contributed by atoms with van der Waals surface area (Å²) < 4.78 is 20.7. The highest BCUT2D eigenvalue weighted by atomic mass is 19.1. The van der Waals surface area contributed by atoms with Crippen LogP contribution in [0.3, 0.4) is 0 Å². The molecule has 0 amide bonds. The summed E-state index contributed by atoms with van der Waals surface area (Å²) >= 11 is 0. The third-order valence-corrected chi connectivity index (χ3v) is 7.42. The SMILES string of the molecule is CCC(O)(CC)CN1CCC(c2cccc(-c3cn(Cc4ccc(C(=O)OC)cc4F)nn3)c2)CC1. The summed E-state index contributed by atoms with van der Waals surface area (Å²) in [6.45, 7) is 7.01. The van der Waals surface area contributed by atoms with E-state index in [1.807, 2.05) is 18.3 Å². The Morgan fingerprint density at radius 3 is 2.58 bits per heavy atom. The van der Waals surface area contributed by atoms with Gasteiger partial charge in [-0.2, -0.15) is 0 Å². The van der Waals surface area contributed by atoms with Gasteiger partial charge in [0.15, 0.2) is 0 Å². The molecule has 1 N–H and O–H groups in total. The molecule has 0 spiro atoms. The fourth-order valence-electron chi connectivity index (χ4n) is 4.87. The van der Waals surface area contributed by atoms with Gasteiger partial charge in [-0.25, -0.2) is 13.9 Å². The first-order valence-electron chi connectivity index (χ1n) is 12.7. The van der Waals surface area contributed by atoms with Crippen LogP contribution in [0.4, 0.5) is 4.39 Å². The molecule has 2 aromatic carbocycles. The lowest BCUT2D eigenvalue weighted by Gasteiger charge is -2.37. The maximum atomic E-state index is 14.5. The van der Waals surface area contributed by atoms with Crippen molar-refractivity contribution >= 4 is 5.97 Å². The van der Waals surface area contributed by atoms with E-state index in [1.54, 1.807) is 16.8 Å². The van der Waals surface area contributed by atoms with E-state index in [1.165, 1.54) is 18.7 Å². The Bertz CT molecular complexity index is 1180. The van der Waals surface area contributed by atoms with Gasteiger partial charge in [0, 0.05) is 17.7 Å². The second-order valence-electron chi connectivity index (χ2n) is 9.71. The fourth-order valence-corrected chi connectivity index (χ4v) is 4.87. The first kappa shape index (κ1) is 26.0. The molecule has 1 aromatic heterocycles. The average Bonchev–Trinajstić information content (AvgIpc) is 3.38. The maximum absolute atomic E-state index is 14.5. The van der Waals surface area contributed by atoms with E-state index < -0.39 is 17.4 Å². The second kappa shape index (κ2) is 11.3. The smallest absolute Gasteiger partial charge is 0.337 e. The summed E-state index contributed by atoms with van der Waals surface area (Å²) in [6, 6.07) is 12.7. The quantitative estimate of drug-likeness (QED) is 0.436. The molecular weight excluding hydrogens is 459 g/mol. The zero-order valence-corrected chi connectivity index (χ0v) is 21.3. The largest absolute Gasteiger partial charge is 0.465 e. The maximum Gasteiger partial charge on any atom is 0.337 e. The number of carbonyl (C=O) groups is 1. The molecule has 0 bridgehead atoms. The number of rotatable bonds is 9. The zero-order chi connectivity index (χ0) is 25.7. The van der Waals surface area contributed by atoms with Crippen LogP contribution >= 0.6 is 0 Å². The van der Waals surface area contributed by atoms with Gasteiger partial charge in [0.05, 0.1) is 31.0 Å². The van der Waals surface area contributed by atoms with E-state index in [0.717, 1.165) is 56.6 Å². The highest BCUT2D eigenvalue weighted by Gasteiger charge is 2.28. The lowest BCUT2D eigenvalue weighted by atomic mass is 9.87. The predicted octanol–water partition coefficient (Wildman–Crippen LogP) is 4.65. The fraction of sp³-hybridized carbons (Fsp3) is 0.464. The van der Waals surface area contributed by atoms with Crippen molar-refractivity contribution in [1.29, 1.82) is 0 Å². The van der Waals surface area contributed by atoms with Crippen molar-refractivity contribution in [3.05, 3.63) is 71.2 Å². The monoisotopic (exact) mass is 494 g/mol. The van der Waals surface area contributed by atoms with Crippen molar-refractivity contribution < 1.29 is 19.0 Å². The zero-order valence-electron chi connectivity index (χ0n) is 21.3. The number of aliphatic hydroxyl groups is 1. The summed E-state index contributed by atoms with van der Waals surface area (Å²) in [5, 5.41) is 19.2. The first-order chi connectivity index (χ1) is 17.3. The number of halogens is 1. The number of aromatic nitrogens is 3. The highest BCUT2D eigenvalue weighted by Crippen LogP contribution is 2.31. The van der Waals surface area contributed by atoms with Crippen LogP contribution in [-0.2, 0) is 11.3 Å². The molecule has 1 saturated heterocycles. The molecule has 4 rings (SSSR count). The molecule has 0 aliphatic carbocycles. The van der Waals surface area contributed by atoms with Gasteiger partial charge >= 0.3 is 5.97 Å². The summed E-state index contributed by atoms with van der Waals surface area (Å²) in [5.41, 5.74) is 2.99. The molecule has 36 heavy (non-hydrogen) atoms. The number of likely N-dealkylation sites (tertiary alicyclic amines) is 1. The molecule has 8 heteroatoms. The van der Waals surface area contributed by atoms with Gasteiger partial charge in [0.2, 0.25) is 0 Å². The Kier molecular flexibility index (Phi) is 8.16. The van der Waals surface area contributed by atoms with Gasteiger partial charge in [-0.1, -0.05) is 43.3 Å². The molecule has 3 aromatic rings. The van der Waals surface area contributed by atoms with E-state index in [4.69, 9.17) is 0 Å². The molecule has 1 fully saturated rings. The van der Waals surface area contributed by atoms with Crippen molar-refractivity contribution in [2.45, 2.75) is 57.6 Å². The van der Waals surface area contributed by atoms with Gasteiger partial charge in [-0.15, -0.1) is 5.10 Å². The summed E-state index contributed by atoms with van der Waals surface area (Å²) in [5.74, 6) is -0.591. The van der Waals surface area contributed by atoms with Gasteiger partial charge < -0.3 is 14.7 Å². The number of hydrogen-bond donors (Lipinski definition) is 1. The van der Waals surface area contributed by atoms with Crippen molar-refractivity contribution in [2.75, 3.05) is 26.7 Å². The summed E-state index contributed by atoms with van der Waals surface area (Å²) in [7, 11) is 1.27.